The Hall–Kier alpha value is -2.39. The highest BCUT2D eigenvalue weighted by Gasteiger charge is 2.24. The van der Waals surface area contributed by atoms with Crippen LogP contribution in [0.3, 0.4) is 0 Å². The third-order valence-electron chi connectivity index (χ3n) is 3.05. The number of rotatable bonds is 4. The molecule has 1 heterocycles. The fraction of sp³-hybridized carbons (Fsp3) is 0.286. The number of benzene rings is 1. The standard InChI is InChI=1S/C14H15FN4O/c1-14(20,11-7-18-19(2)8-11)9-17-13-4-3-10(6-16)5-12(13)15/h3-5,7-8,17,20H,9H2,1-2H3/t14-/m0/s1. The summed E-state index contributed by atoms with van der Waals surface area (Å²) in [6, 6.07) is 6.02. The Balaban J connectivity index is 2.10. The lowest BCUT2D eigenvalue weighted by atomic mass is 9.99. The fourth-order valence-electron chi connectivity index (χ4n) is 1.80. The average molecular weight is 274 g/mol. The maximum absolute atomic E-state index is 13.7. The van der Waals surface area contributed by atoms with Crippen LogP contribution in [-0.2, 0) is 12.6 Å². The number of hydrogen-bond donors (Lipinski definition) is 2. The van der Waals surface area contributed by atoms with Gasteiger partial charge in [0, 0.05) is 25.4 Å². The van der Waals surface area contributed by atoms with Crippen molar-refractivity contribution in [2.75, 3.05) is 11.9 Å². The number of halogens is 1. The van der Waals surface area contributed by atoms with Gasteiger partial charge in [0.2, 0.25) is 0 Å². The van der Waals surface area contributed by atoms with Crippen molar-refractivity contribution in [1.29, 1.82) is 5.26 Å². The van der Waals surface area contributed by atoms with Gasteiger partial charge in [0.25, 0.3) is 0 Å². The van der Waals surface area contributed by atoms with Crippen molar-refractivity contribution in [3.8, 4) is 6.07 Å². The number of nitriles is 1. The van der Waals surface area contributed by atoms with Crippen LogP contribution in [0.25, 0.3) is 0 Å². The van der Waals surface area contributed by atoms with Gasteiger partial charge in [-0.1, -0.05) is 0 Å². The number of anilines is 1. The first-order valence-electron chi connectivity index (χ1n) is 6.07. The number of nitrogens with one attached hydrogen (secondary N) is 1. The largest absolute Gasteiger partial charge is 0.383 e. The van der Waals surface area contributed by atoms with Gasteiger partial charge in [-0.05, 0) is 25.1 Å². The molecule has 0 fully saturated rings. The highest BCUT2D eigenvalue weighted by molar-refractivity contribution is 5.49. The molecule has 0 saturated heterocycles. The maximum Gasteiger partial charge on any atom is 0.147 e. The molecule has 0 radical (unpaired) electrons. The summed E-state index contributed by atoms with van der Waals surface area (Å²) < 4.78 is 15.3. The Morgan fingerprint density at radius 1 is 1.55 bits per heavy atom. The zero-order valence-electron chi connectivity index (χ0n) is 11.3. The van der Waals surface area contributed by atoms with Crippen molar-refractivity contribution in [1.82, 2.24) is 9.78 Å². The first kappa shape index (κ1) is 14.0. The van der Waals surface area contributed by atoms with Crippen molar-refractivity contribution in [2.45, 2.75) is 12.5 Å². The van der Waals surface area contributed by atoms with E-state index in [4.69, 9.17) is 5.26 Å². The molecule has 0 unspecified atom stereocenters. The molecule has 1 aromatic carbocycles. The first-order chi connectivity index (χ1) is 9.42. The fourth-order valence-corrected chi connectivity index (χ4v) is 1.80. The maximum atomic E-state index is 13.7. The second-order valence-corrected chi connectivity index (χ2v) is 4.84. The average Bonchev–Trinajstić information content (AvgIpc) is 2.85. The number of aromatic nitrogens is 2. The van der Waals surface area contributed by atoms with Crippen LogP contribution >= 0.6 is 0 Å². The van der Waals surface area contributed by atoms with Gasteiger partial charge in [0.1, 0.15) is 11.4 Å². The van der Waals surface area contributed by atoms with Gasteiger partial charge in [0.15, 0.2) is 0 Å². The van der Waals surface area contributed by atoms with Gasteiger partial charge in [0.05, 0.1) is 23.5 Å². The SMILES string of the molecule is Cn1cc([C@@](C)(O)CNc2ccc(C#N)cc2F)cn1. The minimum Gasteiger partial charge on any atom is -0.383 e. The zero-order valence-corrected chi connectivity index (χ0v) is 11.3. The molecule has 2 N–H and O–H groups in total. The van der Waals surface area contributed by atoms with E-state index in [0.717, 1.165) is 6.07 Å². The van der Waals surface area contributed by atoms with E-state index in [1.807, 2.05) is 6.07 Å². The molecule has 2 rings (SSSR count). The highest BCUT2D eigenvalue weighted by Crippen LogP contribution is 2.22. The molecule has 0 spiro atoms. The van der Waals surface area contributed by atoms with Crippen molar-refractivity contribution >= 4 is 5.69 Å². The van der Waals surface area contributed by atoms with Gasteiger partial charge in [-0.2, -0.15) is 10.4 Å². The van der Waals surface area contributed by atoms with Crippen molar-refractivity contribution in [2.24, 2.45) is 7.05 Å². The van der Waals surface area contributed by atoms with E-state index in [2.05, 4.69) is 10.4 Å². The monoisotopic (exact) mass is 274 g/mol. The lowest BCUT2D eigenvalue weighted by molar-refractivity contribution is 0.0714. The molecule has 104 valence electrons. The quantitative estimate of drug-likeness (QED) is 0.890. The summed E-state index contributed by atoms with van der Waals surface area (Å²) in [7, 11) is 1.76. The number of aryl methyl sites for hydroxylation is 1. The predicted molar refractivity (Wildman–Crippen MR) is 72.4 cm³/mol. The van der Waals surface area contributed by atoms with Gasteiger partial charge in [-0.25, -0.2) is 4.39 Å². The second-order valence-electron chi connectivity index (χ2n) is 4.84. The van der Waals surface area contributed by atoms with Crippen LogP contribution in [0, 0.1) is 17.1 Å². The lowest BCUT2D eigenvalue weighted by Gasteiger charge is -2.23. The van der Waals surface area contributed by atoms with Gasteiger partial charge >= 0.3 is 0 Å². The minimum atomic E-state index is -1.17. The Kier molecular flexibility index (Phi) is 3.72. The number of hydrogen-bond acceptors (Lipinski definition) is 4. The molecule has 0 saturated carbocycles. The molecule has 20 heavy (non-hydrogen) atoms. The van der Waals surface area contributed by atoms with Crippen LogP contribution in [0.1, 0.15) is 18.1 Å². The Morgan fingerprint density at radius 3 is 2.85 bits per heavy atom. The van der Waals surface area contributed by atoms with E-state index in [1.54, 1.807) is 31.0 Å². The summed E-state index contributed by atoms with van der Waals surface area (Å²) in [6.45, 7) is 1.75. The van der Waals surface area contributed by atoms with Gasteiger partial charge in [-0.15, -0.1) is 0 Å². The summed E-state index contributed by atoms with van der Waals surface area (Å²) >= 11 is 0. The third kappa shape index (κ3) is 2.95. The zero-order chi connectivity index (χ0) is 14.8. The summed E-state index contributed by atoms with van der Waals surface area (Å²) in [4.78, 5) is 0. The van der Waals surface area contributed by atoms with E-state index >= 15 is 0 Å². The molecule has 1 aromatic heterocycles. The van der Waals surface area contributed by atoms with Crippen molar-refractivity contribution < 1.29 is 9.50 Å². The van der Waals surface area contributed by atoms with Gasteiger partial charge in [-0.3, -0.25) is 4.68 Å². The molecule has 5 nitrogen and oxygen atoms in total. The molecule has 0 aliphatic heterocycles. The van der Waals surface area contributed by atoms with E-state index in [9.17, 15) is 9.50 Å². The first-order valence-corrected chi connectivity index (χ1v) is 6.07. The topological polar surface area (TPSA) is 73.9 Å². The van der Waals surface area contributed by atoms with Crippen molar-refractivity contribution in [3.63, 3.8) is 0 Å². The van der Waals surface area contributed by atoms with E-state index in [-0.39, 0.29) is 17.8 Å². The highest BCUT2D eigenvalue weighted by atomic mass is 19.1. The minimum absolute atomic E-state index is 0.127. The number of aliphatic hydroxyl groups is 1. The molecule has 1 atom stereocenters. The molecular weight excluding hydrogens is 259 g/mol. The van der Waals surface area contributed by atoms with Crippen LogP contribution in [0.4, 0.5) is 10.1 Å². The summed E-state index contributed by atoms with van der Waals surface area (Å²) in [6.07, 6.45) is 3.27. The van der Waals surface area contributed by atoms with Gasteiger partial charge < -0.3 is 10.4 Å². The smallest absolute Gasteiger partial charge is 0.147 e. The summed E-state index contributed by atoms with van der Waals surface area (Å²) in [5.41, 5.74) is -0.0315. The Labute approximate surface area is 116 Å². The van der Waals surface area contributed by atoms with Crippen LogP contribution in [-0.4, -0.2) is 21.4 Å². The third-order valence-corrected chi connectivity index (χ3v) is 3.05. The normalized spacial score (nSPS) is 13.6. The molecule has 0 aliphatic rings. The number of nitrogens with zero attached hydrogens (tertiary/aromatic N) is 3. The molecule has 6 heteroatoms. The molecule has 0 aliphatic carbocycles. The van der Waals surface area contributed by atoms with Crippen LogP contribution in [0.15, 0.2) is 30.6 Å². The summed E-state index contributed by atoms with van der Waals surface area (Å²) in [5, 5.41) is 25.9. The van der Waals surface area contributed by atoms with Crippen molar-refractivity contribution in [3.05, 3.63) is 47.5 Å². The Morgan fingerprint density at radius 2 is 2.30 bits per heavy atom. The molecule has 0 amide bonds. The molecular formula is C14H15FN4O. The van der Waals surface area contributed by atoms with Crippen LogP contribution < -0.4 is 5.32 Å². The Bertz CT molecular complexity index is 657. The predicted octanol–water partition coefficient (Wildman–Crippen LogP) is 1.75. The van der Waals surface area contributed by atoms with E-state index in [1.165, 1.54) is 12.1 Å². The van der Waals surface area contributed by atoms with E-state index in [0.29, 0.717) is 5.56 Å². The molecule has 0 bridgehead atoms. The molecule has 2 aromatic rings. The second kappa shape index (κ2) is 5.31. The lowest BCUT2D eigenvalue weighted by Crippen LogP contribution is -2.30. The summed E-state index contributed by atoms with van der Waals surface area (Å²) in [5.74, 6) is -0.522. The van der Waals surface area contributed by atoms with Crippen LogP contribution in [0.5, 0.6) is 0 Å². The van der Waals surface area contributed by atoms with Crippen LogP contribution in [0.2, 0.25) is 0 Å². The van der Waals surface area contributed by atoms with E-state index < -0.39 is 11.4 Å².